The number of aliphatic hydroxyl groups excluding tert-OH is 1. The Morgan fingerprint density at radius 3 is 2.54 bits per heavy atom. The molecule has 2 heterocycles. The van der Waals surface area contributed by atoms with Gasteiger partial charge in [0.1, 0.15) is 0 Å². The van der Waals surface area contributed by atoms with E-state index < -0.39 is 5.92 Å². The minimum Gasteiger partial charge on any atom is -0.389 e. The molecule has 1 saturated heterocycles. The molecule has 2 aliphatic rings. The molecule has 1 aliphatic heterocycles. The maximum absolute atomic E-state index is 13.9. The zero-order valence-electron chi connectivity index (χ0n) is 13.5. The van der Waals surface area contributed by atoms with E-state index in [1.807, 2.05) is 36.1 Å². The molecule has 4 rings (SSSR count). The van der Waals surface area contributed by atoms with Gasteiger partial charge in [-0.25, -0.2) is 18.7 Å². The fourth-order valence-corrected chi connectivity index (χ4v) is 3.27. The Labute approximate surface area is 139 Å². The Balaban J connectivity index is 1.82. The van der Waals surface area contributed by atoms with Crippen LogP contribution in [0.5, 0.6) is 0 Å². The van der Waals surface area contributed by atoms with Crippen molar-refractivity contribution in [2.24, 2.45) is 0 Å². The van der Waals surface area contributed by atoms with E-state index in [1.54, 1.807) is 0 Å². The van der Waals surface area contributed by atoms with Crippen molar-refractivity contribution in [3.63, 3.8) is 0 Å². The number of alkyl halides is 2. The predicted molar refractivity (Wildman–Crippen MR) is 87.4 cm³/mol. The molecule has 24 heavy (non-hydrogen) atoms. The second kappa shape index (κ2) is 5.48. The molecule has 0 radical (unpaired) electrons. The number of halogens is 2. The first kappa shape index (κ1) is 15.4. The number of benzene rings is 1. The van der Waals surface area contributed by atoms with E-state index in [1.165, 1.54) is 0 Å². The Morgan fingerprint density at radius 2 is 1.88 bits per heavy atom. The van der Waals surface area contributed by atoms with Crippen molar-refractivity contribution < 1.29 is 13.9 Å². The Bertz CT molecular complexity index is 771. The van der Waals surface area contributed by atoms with E-state index in [0.717, 1.165) is 11.1 Å². The number of β-amino-alcohol motifs (C(OH)–C–C–N with tert-alkyl or cyclic N) is 1. The van der Waals surface area contributed by atoms with Crippen LogP contribution in [0.1, 0.15) is 23.2 Å². The summed E-state index contributed by atoms with van der Waals surface area (Å²) in [5.74, 6) is -2.18. The zero-order valence-corrected chi connectivity index (χ0v) is 13.5. The second-order valence-corrected chi connectivity index (χ2v) is 6.76. The van der Waals surface area contributed by atoms with Crippen LogP contribution in [0.3, 0.4) is 0 Å². The molecule has 0 spiro atoms. The van der Waals surface area contributed by atoms with E-state index in [0.29, 0.717) is 36.0 Å². The van der Waals surface area contributed by atoms with Crippen LogP contribution >= 0.6 is 0 Å². The second-order valence-electron chi connectivity index (χ2n) is 6.76. The number of anilines is 1. The van der Waals surface area contributed by atoms with Crippen LogP contribution in [-0.2, 0) is 12.8 Å². The fraction of sp³-hybridized carbons (Fsp3) is 0.444. The lowest BCUT2D eigenvalue weighted by Gasteiger charge is -2.37. The zero-order chi connectivity index (χ0) is 16.9. The number of aromatic nitrogens is 2. The van der Waals surface area contributed by atoms with Crippen molar-refractivity contribution in [1.82, 2.24) is 9.97 Å². The van der Waals surface area contributed by atoms with E-state index in [-0.39, 0.29) is 25.4 Å². The first-order valence-corrected chi connectivity index (χ1v) is 8.19. The molecule has 0 saturated carbocycles. The van der Waals surface area contributed by atoms with Gasteiger partial charge >= 0.3 is 0 Å². The van der Waals surface area contributed by atoms with Gasteiger partial charge in [-0.05, 0) is 13.3 Å². The first-order chi connectivity index (χ1) is 11.4. The Kier molecular flexibility index (Phi) is 3.53. The van der Waals surface area contributed by atoms with E-state index in [2.05, 4.69) is 9.97 Å². The van der Waals surface area contributed by atoms with Gasteiger partial charge in [0.05, 0.1) is 17.5 Å². The normalized spacial score (nSPS) is 19.8. The van der Waals surface area contributed by atoms with Crippen LogP contribution in [0, 0.1) is 6.92 Å². The van der Waals surface area contributed by atoms with Crippen molar-refractivity contribution >= 4 is 5.95 Å². The van der Waals surface area contributed by atoms with E-state index in [4.69, 9.17) is 0 Å². The summed E-state index contributed by atoms with van der Waals surface area (Å²) >= 11 is 0. The van der Waals surface area contributed by atoms with Gasteiger partial charge in [0.2, 0.25) is 5.95 Å². The molecule has 1 N–H and O–H groups in total. The smallest absolute Gasteiger partial charge is 0.252 e. The monoisotopic (exact) mass is 331 g/mol. The molecule has 1 aromatic heterocycles. The third-order valence-corrected chi connectivity index (χ3v) is 4.71. The lowest BCUT2D eigenvalue weighted by atomic mass is 9.89. The van der Waals surface area contributed by atoms with Crippen molar-refractivity contribution in [1.29, 1.82) is 0 Å². The lowest BCUT2D eigenvalue weighted by molar-refractivity contribution is -0.0127. The minimum absolute atomic E-state index is 0.174. The quantitative estimate of drug-likeness (QED) is 0.919. The number of hydrogen-bond acceptors (Lipinski definition) is 4. The van der Waals surface area contributed by atoms with Crippen LogP contribution in [0.15, 0.2) is 24.3 Å². The van der Waals surface area contributed by atoms with Gasteiger partial charge in [-0.2, -0.15) is 0 Å². The molecule has 1 aromatic carbocycles. The standard InChI is InChI=1S/C18H19F2N3O/c1-11-2-4-12(5-3-11)16-14-8-18(19,20)7-6-15(14)21-17(22-16)23-9-13(24)10-23/h2-5,13,24H,6-10H2,1H3. The molecular weight excluding hydrogens is 312 g/mol. The topological polar surface area (TPSA) is 49.2 Å². The van der Waals surface area contributed by atoms with E-state index in [9.17, 15) is 13.9 Å². The van der Waals surface area contributed by atoms with Gasteiger partial charge in [0, 0.05) is 37.1 Å². The highest BCUT2D eigenvalue weighted by atomic mass is 19.3. The number of rotatable bonds is 2. The van der Waals surface area contributed by atoms with Crippen LogP contribution < -0.4 is 4.90 Å². The third kappa shape index (κ3) is 2.75. The molecule has 6 heteroatoms. The number of aliphatic hydroxyl groups is 1. The van der Waals surface area contributed by atoms with Gasteiger partial charge in [0.15, 0.2) is 0 Å². The molecular formula is C18H19F2N3O. The summed E-state index contributed by atoms with van der Waals surface area (Å²) in [4.78, 5) is 11.0. The number of fused-ring (bicyclic) bond motifs is 1. The average molecular weight is 331 g/mol. The van der Waals surface area contributed by atoms with Gasteiger partial charge in [-0.15, -0.1) is 0 Å². The summed E-state index contributed by atoms with van der Waals surface area (Å²) in [6.07, 6.45) is -0.592. The van der Waals surface area contributed by atoms with Crippen molar-refractivity contribution in [2.75, 3.05) is 18.0 Å². The van der Waals surface area contributed by atoms with Gasteiger partial charge in [-0.1, -0.05) is 29.8 Å². The molecule has 0 amide bonds. The van der Waals surface area contributed by atoms with Gasteiger partial charge < -0.3 is 10.0 Å². The van der Waals surface area contributed by atoms with Crippen molar-refractivity contribution in [3.05, 3.63) is 41.1 Å². The molecule has 126 valence electrons. The molecule has 0 atom stereocenters. The number of aryl methyl sites for hydroxylation is 2. The molecule has 0 bridgehead atoms. The van der Waals surface area contributed by atoms with Crippen LogP contribution in [-0.4, -0.2) is 40.2 Å². The summed E-state index contributed by atoms with van der Waals surface area (Å²) in [6, 6.07) is 7.74. The molecule has 2 aromatic rings. The SMILES string of the molecule is Cc1ccc(-c2nc(N3CC(O)C3)nc3c2CC(F)(F)CC3)cc1. The fourth-order valence-electron chi connectivity index (χ4n) is 3.27. The van der Waals surface area contributed by atoms with Crippen molar-refractivity contribution in [3.8, 4) is 11.3 Å². The Morgan fingerprint density at radius 1 is 1.17 bits per heavy atom. The highest BCUT2D eigenvalue weighted by Gasteiger charge is 2.38. The third-order valence-electron chi connectivity index (χ3n) is 4.71. The van der Waals surface area contributed by atoms with Crippen LogP contribution in [0.25, 0.3) is 11.3 Å². The maximum atomic E-state index is 13.9. The van der Waals surface area contributed by atoms with E-state index >= 15 is 0 Å². The van der Waals surface area contributed by atoms with Gasteiger partial charge in [0.25, 0.3) is 5.92 Å². The highest BCUT2D eigenvalue weighted by Crippen LogP contribution is 2.38. The molecule has 1 fully saturated rings. The molecule has 1 aliphatic carbocycles. The lowest BCUT2D eigenvalue weighted by Crippen LogP contribution is -2.51. The first-order valence-electron chi connectivity index (χ1n) is 8.19. The maximum Gasteiger partial charge on any atom is 0.252 e. The van der Waals surface area contributed by atoms with Crippen LogP contribution in [0.4, 0.5) is 14.7 Å². The summed E-state index contributed by atoms with van der Waals surface area (Å²) in [7, 11) is 0. The summed E-state index contributed by atoms with van der Waals surface area (Å²) < 4.78 is 27.9. The number of hydrogen-bond donors (Lipinski definition) is 1. The average Bonchev–Trinajstić information content (AvgIpc) is 2.51. The van der Waals surface area contributed by atoms with Crippen molar-refractivity contribution in [2.45, 2.75) is 38.2 Å². The molecule has 4 nitrogen and oxygen atoms in total. The highest BCUT2D eigenvalue weighted by molar-refractivity contribution is 5.66. The van der Waals surface area contributed by atoms with Gasteiger partial charge in [-0.3, -0.25) is 0 Å². The predicted octanol–water partition coefficient (Wildman–Crippen LogP) is 2.76. The summed E-state index contributed by atoms with van der Waals surface area (Å²) in [5.41, 5.74) is 3.80. The number of nitrogens with zero attached hydrogens (tertiary/aromatic N) is 3. The summed E-state index contributed by atoms with van der Waals surface area (Å²) in [5, 5.41) is 9.51. The van der Waals surface area contributed by atoms with Crippen LogP contribution in [0.2, 0.25) is 0 Å². The summed E-state index contributed by atoms with van der Waals surface area (Å²) in [6.45, 7) is 2.96. The minimum atomic E-state index is -2.70. The largest absolute Gasteiger partial charge is 0.389 e. The molecule has 0 unspecified atom stereocenters. The Hall–Kier alpha value is -2.08.